The van der Waals surface area contributed by atoms with Gasteiger partial charge in [-0.1, -0.05) is 12.1 Å². The summed E-state index contributed by atoms with van der Waals surface area (Å²) < 4.78 is 1.84. The molecule has 1 unspecified atom stereocenters. The highest BCUT2D eigenvalue weighted by Crippen LogP contribution is 2.23. The van der Waals surface area contributed by atoms with Gasteiger partial charge in [0, 0.05) is 24.0 Å². The minimum absolute atomic E-state index is 0.0964. The second-order valence-corrected chi connectivity index (χ2v) is 7.40. The number of carbonyl (C=O) groups is 2. The molecule has 1 aromatic heterocycles. The molecule has 0 radical (unpaired) electrons. The zero-order valence-electron chi connectivity index (χ0n) is 16.0. The Balaban J connectivity index is 1.61. The molecule has 2 amide bonds. The lowest BCUT2D eigenvalue weighted by molar-refractivity contribution is -0.119. The third-order valence-electron chi connectivity index (χ3n) is 5.52. The van der Waals surface area contributed by atoms with E-state index in [2.05, 4.69) is 5.10 Å². The molecule has 2 heterocycles. The van der Waals surface area contributed by atoms with Crippen LogP contribution in [0.5, 0.6) is 0 Å². The predicted molar refractivity (Wildman–Crippen MR) is 108 cm³/mol. The summed E-state index contributed by atoms with van der Waals surface area (Å²) in [6, 6.07) is 13.4. The largest absolute Gasteiger partial charge is 0.369 e. The summed E-state index contributed by atoms with van der Waals surface area (Å²) in [4.78, 5) is 26.0. The Hall–Kier alpha value is -3.15. The van der Waals surface area contributed by atoms with E-state index >= 15 is 0 Å². The Morgan fingerprint density at radius 1 is 1.04 bits per heavy atom. The second kappa shape index (κ2) is 7.46. The number of nitrogens with zero attached hydrogens (tertiary/aromatic N) is 3. The van der Waals surface area contributed by atoms with Gasteiger partial charge < -0.3 is 10.6 Å². The first-order chi connectivity index (χ1) is 13.5. The Labute approximate surface area is 163 Å². The smallest absolute Gasteiger partial charge is 0.253 e. The van der Waals surface area contributed by atoms with Crippen LogP contribution in [0.15, 0.2) is 48.7 Å². The fourth-order valence-electron chi connectivity index (χ4n) is 3.72. The van der Waals surface area contributed by atoms with Crippen molar-refractivity contribution in [3.8, 4) is 5.69 Å². The Morgan fingerprint density at radius 2 is 1.75 bits per heavy atom. The number of likely N-dealkylation sites (tertiary alicyclic amines) is 1. The molecule has 28 heavy (non-hydrogen) atoms. The van der Waals surface area contributed by atoms with Gasteiger partial charge in [-0.3, -0.25) is 9.59 Å². The van der Waals surface area contributed by atoms with Gasteiger partial charge in [-0.2, -0.15) is 5.10 Å². The Bertz CT molecular complexity index is 1020. The van der Waals surface area contributed by atoms with Crippen molar-refractivity contribution >= 4 is 22.7 Å². The molecular formula is C22H24N4O2. The summed E-state index contributed by atoms with van der Waals surface area (Å²) in [5.74, 6) is -0.575. The van der Waals surface area contributed by atoms with E-state index in [1.54, 1.807) is 13.1 Å². The van der Waals surface area contributed by atoms with Crippen molar-refractivity contribution in [1.82, 2.24) is 14.7 Å². The van der Waals surface area contributed by atoms with Crippen molar-refractivity contribution in [3.05, 3.63) is 59.8 Å². The van der Waals surface area contributed by atoms with E-state index < -0.39 is 0 Å². The van der Waals surface area contributed by atoms with Crippen molar-refractivity contribution in [3.63, 3.8) is 0 Å². The van der Waals surface area contributed by atoms with Crippen LogP contribution in [0.25, 0.3) is 16.6 Å². The number of nitrogens with two attached hydrogens (primary N) is 1. The number of fused-ring (bicyclic) bond motifs is 1. The van der Waals surface area contributed by atoms with Crippen LogP contribution >= 0.6 is 0 Å². The molecule has 1 aliphatic heterocycles. The van der Waals surface area contributed by atoms with Crippen LogP contribution in [0.4, 0.5) is 0 Å². The molecule has 2 N–H and O–H groups in total. The number of benzene rings is 2. The van der Waals surface area contributed by atoms with Gasteiger partial charge in [0.15, 0.2) is 0 Å². The fourth-order valence-corrected chi connectivity index (χ4v) is 3.72. The summed E-state index contributed by atoms with van der Waals surface area (Å²) in [6.45, 7) is 3.47. The van der Waals surface area contributed by atoms with Crippen molar-refractivity contribution in [1.29, 1.82) is 0 Å². The van der Waals surface area contributed by atoms with Crippen molar-refractivity contribution in [2.45, 2.75) is 32.1 Å². The molecule has 2 aromatic carbocycles. The summed E-state index contributed by atoms with van der Waals surface area (Å²) in [5, 5.41) is 5.42. The molecule has 6 heteroatoms. The van der Waals surface area contributed by atoms with Gasteiger partial charge >= 0.3 is 0 Å². The number of carbonyl (C=O) groups excluding carboxylic acids is 2. The monoisotopic (exact) mass is 376 g/mol. The maximum absolute atomic E-state index is 12.7. The normalized spacial score (nSPS) is 15.5. The average Bonchev–Trinajstić information content (AvgIpc) is 3.16. The molecule has 0 spiro atoms. The van der Waals surface area contributed by atoms with Crippen LogP contribution in [0.2, 0.25) is 0 Å². The summed E-state index contributed by atoms with van der Waals surface area (Å²) in [6.07, 6.45) is 5.14. The van der Waals surface area contributed by atoms with Gasteiger partial charge in [0.05, 0.1) is 23.3 Å². The number of hydrogen-bond donors (Lipinski definition) is 1. The third-order valence-corrected chi connectivity index (χ3v) is 5.52. The molecule has 1 atom stereocenters. The fraction of sp³-hybridized carbons (Fsp3) is 0.318. The molecular weight excluding hydrogens is 352 g/mol. The molecule has 1 saturated heterocycles. The first kappa shape index (κ1) is 18.2. The van der Waals surface area contributed by atoms with Crippen LogP contribution in [-0.2, 0) is 4.79 Å². The topological polar surface area (TPSA) is 81.2 Å². The number of aromatic nitrogens is 2. The van der Waals surface area contributed by atoms with Gasteiger partial charge in [0.1, 0.15) is 0 Å². The summed E-state index contributed by atoms with van der Waals surface area (Å²) in [5.41, 5.74) is 8.79. The van der Waals surface area contributed by atoms with Crippen molar-refractivity contribution in [2.24, 2.45) is 5.73 Å². The van der Waals surface area contributed by atoms with Crippen molar-refractivity contribution < 1.29 is 9.59 Å². The van der Waals surface area contributed by atoms with Gasteiger partial charge in [0.25, 0.3) is 5.91 Å². The minimum atomic E-state index is -0.344. The maximum atomic E-state index is 12.7. The number of piperidine rings is 1. The molecule has 0 bridgehead atoms. The van der Waals surface area contributed by atoms with Crippen LogP contribution in [-0.4, -0.2) is 39.6 Å². The van der Waals surface area contributed by atoms with E-state index in [0.29, 0.717) is 5.56 Å². The lowest BCUT2D eigenvalue weighted by Crippen LogP contribution is -2.35. The zero-order chi connectivity index (χ0) is 19.7. The number of rotatable bonds is 4. The van der Waals surface area contributed by atoms with Gasteiger partial charge in [-0.25, -0.2) is 4.68 Å². The first-order valence-electron chi connectivity index (χ1n) is 9.71. The SMILES string of the molecule is CC(C(N)=O)c1ccc(-n2ncc3cc(C(=O)N4CCCCC4)ccc32)cc1. The van der Waals surface area contributed by atoms with E-state index in [0.717, 1.165) is 48.1 Å². The molecule has 0 saturated carbocycles. The van der Waals surface area contributed by atoms with E-state index in [1.165, 1.54) is 6.42 Å². The predicted octanol–water partition coefficient (Wildman–Crippen LogP) is 3.24. The molecule has 1 aliphatic rings. The van der Waals surface area contributed by atoms with Gasteiger partial charge in [0.2, 0.25) is 5.91 Å². The average molecular weight is 376 g/mol. The number of primary amides is 1. The van der Waals surface area contributed by atoms with Crippen LogP contribution < -0.4 is 5.73 Å². The second-order valence-electron chi connectivity index (χ2n) is 7.40. The standard InChI is InChI=1S/C22H24N4O2/c1-15(21(23)27)16-5-8-19(9-6-16)26-20-10-7-17(13-18(20)14-24-26)22(28)25-11-3-2-4-12-25/h5-10,13-15H,2-4,11-12H2,1H3,(H2,23,27). The van der Waals surface area contributed by atoms with Crippen LogP contribution in [0.3, 0.4) is 0 Å². The lowest BCUT2D eigenvalue weighted by atomic mass is 10.0. The molecule has 144 valence electrons. The summed E-state index contributed by atoms with van der Waals surface area (Å²) >= 11 is 0. The molecule has 4 rings (SSSR count). The highest BCUT2D eigenvalue weighted by atomic mass is 16.2. The Morgan fingerprint density at radius 3 is 2.43 bits per heavy atom. The molecule has 0 aliphatic carbocycles. The number of hydrogen-bond acceptors (Lipinski definition) is 3. The molecule has 3 aromatic rings. The minimum Gasteiger partial charge on any atom is -0.369 e. The lowest BCUT2D eigenvalue weighted by Gasteiger charge is -2.26. The molecule has 1 fully saturated rings. The highest BCUT2D eigenvalue weighted by Gasteiger charge is 2.19. The van der Waals surface area contributed by atoms with Crippen molar-refractivity contribution in [2.75, 3.05) is 13.1 Å². The van der Waals surface area contributed by atoms with E-state index in [-0.39, 0.29) is 17.7 Å². The Kier molecular flexibility index (Phi) is 4.86. The quantitative estimate of drug-likeness (QED) is 0.759. The van der Waals surface area contributed by atoms with E-state index in [9.17, 15) is 9.59 Å². The molecule has 6 nitrogen and oxygen atoms in total. The summed E-state index contributed by atoms with van der Waals surface area (Å²) in [7, 11) is 0. The van der Waals surface area contributed by atoms with E-state index in [1.807, 2.05) is 52.0 Å². The van der Waals surface area contributed by atoms with Gasteiger partial charge in [-0.05, 0) is 62.1 Å². The van der Waals surface area contributed by atoms with Crippen LogP contribution in [0, 0.1) is 0 Å². The third kappa shape index (κ3) is 3.38. The van der Waals surface area contributed by atoms with E-state index in [4.69, 9.17) is 5.73 Å². The van der Waals surface area contributed by atoms with Gasteiger partial charge in [-0.15, -0.1) is 0 Å². The van der Waals surface area contributed by atoms with Crippen LogP contribution in [0.1, 0.15) is 48.0 Å². The highest BCUT2D eigenvalue weighted by molar-refractivity contribution is 5.98. The zero-order valence-corrected chi connectivity index (χ0v) is 16.0. The first-order valence-corrected chi connectivity index (χ1v) is 9.71. The maximum Gasteiger partial charge on any atom is 0.253 e. The number of amides is 2.